The zero-order valence-electron chi connectivity index (χ0n) is 13.3. The van der Waals surface area contributed by atoms with Crippen LogP contribution in [-0.2, 0) is 9.59 Å². The molecule has 0 aliphatic heterocycles. The Hall–Kier alpha value is -3.02. The first-order valence-electron chi connectivity index (χ1n) is 7.24. The molecule has 126 valence electrons. The summed E-state index contributed by atoms with van der Waals surface area (Å²) in [5.41, 5.74) is -4.34. The molecule has 2 rings (SSSR count). The summed E-state index contributed by atoms with van der Waals surface area (Å²) in [6, 6.07) is 16.3. The molecule has 0 bridgehead atoms. The Kier molecular flexibility index (Phi) is 4.78. The van der Waals surface area contributed by atoms with Crippen LogP contribution in [0.1, 0.15) is 13.8 Å². The molecule has 0 unspecified atom stereocenters. The van der Waals surface area contributed by atoms with E-state index in [-0.39, 0.29) is 5.75 Å². The van der Waals surface area contributed by atoms with Gasteiger partial charge in [0.2, 0.25) is 0 Å². The minimum atomic E-state index is -2.63. The van der Waals surface area contributed by atoms with Crippen LogP contribution in [0.5, 0.6) is 11.5 Å². The number of aliphatic carboxylic acids is 2. The lowest BCUT2D eigenvalue weighted by Gasteiger charge is -2.39. The van der Waals surface area contributed by atoms with Gasteiger partial charge >= 0.3 is 17.5 Å². The maximum atomic E-state index is 11.9. The highest BCUT2D eigenvalue weighted by Gasteiger charge is 2.63. The zero-order valence-corrected chi connectivity index (χ0v) is 13.3. The van der Waals surface area contributed by atoms with Gasteiger partial charge in [-0.25, -0.2) is 9.59 Å². The van der Waals surface area contributed by atoms with Gasteiger partial charge in [-0.15, -0.1) is 0 Å². The standard InChI is InChI=1S/C18H18O6/c1-17(2,23-13-9-5-3-6-10-13)18(15(19)20,16(21)22)24-14-11-7-4-8-12-14/h3-12H,1-2H3,(H,19,20)(H,21,22). The molecule has 24 heavy (non-hydrogen) atoms. The number of para-hydroxylation sites is 2. The summed E-state index contributed by atoms with van der Waals surface area (Å²) in [6.45, 7) is 2.73. The molecule has 0 aromatic heterocycles. The fourth-order valence-corrected chi connectivity index (χ4v) is 2.34. The summed E-state index contributed by atoms with van der Waals surface area (Å²) < 4.78 is 11.1. The molecule has 0 saturated heterocycles. The van der Waals surface area contributed by atoms with Gasteiger partial charge < -0.3 is 19.7 Å². The third kappa shape index (κ3) is 3.17. The summed E-state index contributed by atoms with van der Waals surface area (Å²) in [6.07, 6.45) is 0. The smallest absolute Gasteiger partial charge is 0.364 e. The van der Waals surface area contributed by atoms with Crippen molar-refractivity contribution in [1.29, 1.82) is 0 Å². The molecule has 2 aromatic rings. The van der Waals surface area contributed by atoms with E-state index in [1.54, 1.807) is 48.5 Å². The number of carboxylic acids is 2. The van der Waals surface area contributed by atoms with Crippen molar-refractivity contribution in [2.75, 3.05) is 0 Å². The third-order valence-corrected chi connectivity index (χ3v) is 3.58. The second-order valence-corrected chi connectivity index (χ2v) is 5.63. The fraction of sp³-hybridized carbons (Fsp3) is 0.222. The summed E-state index contributed by atoms with van der Waals surface area (Å²) in [5, 5.41) is 19.4. The first-order valence-corrected chi connectivity index (χ1v) is 7.24. The second kappa shape index (κ2) is 6.62. The van der Waals surface area contributed by atoms with Gasteiger partial charge in [-0.3, -0.25) is 0 Å². The van der Waals surface area contributed by atoms with Crippen LogP contribution in [0.2, 0.25) is 0 Å². The number of hydrogen-bond acceptors (Lipinski definition) is 4. The average molecular weight is 330 g/mol. The average Bonchev–Trinajstić information content (AvgIpc) is 2.53. The van der Waals surface area contributed by atoms with E-state index in [1.165, 1.54) is 26.0 Å². The molecule has 0 radical (unpaired) electrons. The number of carbonyl (C=O) groups is 2. The second-order valence-electron chi connectivity index (χ2n) is 5.63. The molecule has 2 aromatic carbocycles. The zero-order chi connectivity index (χ0) is 17.8. The maximum absolute atomic E-state index is 11.9. The van der Waals surface area contributed by atoms with Gasteiger partial charge in [0.05, 0.1) is 0 Å². The first kappa shape index (κ1) is 17.3. The molecular weight excluding hydrogens is 312 g/mol. The maximum Gasteiger partial charge on any atom is 0.364 e. The lowest BCUT2D eigenvalue weighted by atomic mass is 9.85. The van der Waals surface area contributed by atoms with Crippen molar-refractivity contribution in [2.24, 2.45) is 0 Å². The van der Waals surface area contributed by atoms with Gasteiger partial charge in [-0.1, -0.05) is 36.4 Å². The number of rotatable bonds is 7. The lowest BCUT2D eigenvalue weighted by Crippen LogP contribution is -2.67. The van der Waals surface area contributed by atoms with Crippen molar-refractivity contribution in [3.8, 4) is 11.5 Å². The molecule has 0 saturated carbocycles. The Morgan fingerprint density at radius 1 is 0.750 bits per heavy atom. The van der Waals surface area contributed by atoms with Crippen molar-refractivity contribution in [3.63, 3.8) is 0 Å². The van der Waals surface area contributed by atoms with E-state index in [2.05, 4.69) is 0 Å². The van der Waals surface area contributed by atoms with Crippen LogP contribution < -0.4 is 9.47 Å². The number of hydrogen-bond donors (Lipinski definition) is 2. The van der Waals surface area contributed by atoms with Crippen LogP contribution in [0.15, 0.2) is 60.7 Å². The van der Waals surface area contributed by atoms with E-state index in [0.717, 1.165) is 0 Å². The molecule has 0 aliphatic carbocycles. The summed E-state index contributed by atoms with van der Waals surface area (Å²) in [7, 11) is 0. The van der Waals surface area contributed by atoms with Crippen LogP contribution in [0, 0.1) is 0 Å². The number of ether oxygens (including phenoxy) is 2. The van der Waals surface area contributed by atoms with Crippen LogP contribution in [0.3, 0.4) is 0 Å². The molecular formula is C18H18O6. The molecule has 0 heterocycles. The minimum Gasteiger partial charge on any atom is -0.482 e. The predicted octanol–water partition coefficient (Wildman–Crippen LogP) is 2.83. The fourth-order valence-electron chi connectivity index (χ4n) is 2.34. The van der Waals surface area contributed by atoms with Crippen LogP contribution in [-0.4, -0.2) is 33.4 Å². The molecule has 0 atom stereocenters. The van der Waals surface area contributed by atoms with Gasteiger partial charge in [-0.05, 0) is 38.1 Å². The monoisotopic (exact) mass is 330 g/mol. The predicted molar refractivity (Wildman–Crippen MR) is 86.2 cm³/mol. The Morgan fingerprint density at radius 3 is 1.50 bits per heavy atom. The minimum absolute atomic E-state index is 0.118. The highest BCUT2D eigenvalue weighted by atomic mass is 16.6. The summed E-state index contributed by atoms with van der Waals surface area (Å²) in [5.74, 6) is -2.85. The van der Waals surface area contributed by atoms with Crippen molar-refractivity contribution in [2.45, 2.75) is 25.0 Å². The number of carboxylic acid groups (broad SMARTS) is 2. The molecule has 0 fully saturated rings. The van der Waals surface area contributed by atoms with Crippen LogP contribution >= 0.6 is 0 Å². The van der Waals surface area contributed by atoms with Crippen molar-refractivity contribution < 1.29 is 29.3 Å². The van der Waals surface area contributed by atoms with Crippen LogP contribution in [0.25, 0.3) is 0 Å². The van der Waals surface area contributed by atoms with Crippen LogP contribution in [0.4, 0.5) is 0 Å². The van der Waals surface area contributed by atoms with Gasteiger partial charge in [-0.2, -0.15) is 0 Å². The highest BCUT2D eigenvalue weighted by molar-refractivity contribution is 6.04. The van der Waals surface area contributed by atoms with E-state index in [1.807, 2.05) is 0 Å². The largest absolute Gasteiger partial charge is 0.482 e. The van der Waals surface area contributed by atoms with Crippen molar-refractivity contribution in [1.82, 2.24) is 0 Å². The Balaban J connectivity index is 2.48. The van der Waals surface area contributed by atoms with Gasteiger partial charge in [0.25, 0.3) is 0 Å². The quantitative estimate of drug-likeness (QED) is 0.758. The normalized spacial score (nSPS) is 11.6. The lowest BCUT2D eigenvalue weighted by molar-refractivity contribution is -0.191. The van der Waals surface area contributed by atoms with Gasteiger partial charge in [0, 0.05) is 0 Å². The molecule has 6 nitrogen and oxygen atoms in total. The van der Waals surface area contributed by atoms with E-state index in [0.29, 0.717) is 5.75 Å². The first-order chi connectivity index (χ1) is 11.3. The molecule has 0 amide bonds. The molecule has 0 spiro atoms. The SMILES string of the molecule is CC(C)(Oc1ccccc1)C(Oc1ccccc1)(C(=O)O)C(=O)O. The Morgan fingerprint density at radius 2 is 1.12 bits per heavy atom. The van der Waals surface area contributed by atoms with Gasteiger partial charge in [0.1, 0.15) is 11.5 Å². The third-order valence-electron chi connectivity index (χ3n) is 3.58. The van der Waals surface area contributed by atoms with E-state index >= 15 is 0 Å². The van der Waals surface area contributed by atoms with E-state index in [9.17, 15) is 19.8 Å². The molecule has 0 aliphatic rings. The van der Waals surface area contributed by atoms with Crippen molar-refractivity contribution >= 4 is 11.9 Å². The van der Waals surface area contributed by atoms with E-state index in [4.69, 9.17) is 9.47 Å². The summed E-state index contributed by atoms with van der Waals surface area (Å²) >= 11 is 0. The van der Waals surface area contributed by atoms with E-state index < -0.39 is 23.1 Å². The molecule has 6 heteroatoms. The highest BCUT2D eigenvalue weighted by Crippen LogP contribution is 2.33. The Labute approximate surface area is 139 Å². The Bertz CT molecular complexity index is 695. The van der Waals surface area contributed by atoms with Crippen molar-refractivity contribution in [3.05, 3.63) is 60.7 Å². The van der Waals surface area contributed by atoms with Gasteiger partial charge in [0.15, 0.2) is 5.60 Å². The molecule has 2 N–H and O–H groups in total. The number of benzene rings is 2. The summed E-state index contributed by atoms with van der Waals surface area (Å²) in [4.78, 5) is 23.8. The topological polar surface area (TPSA) is 93.1 Å².